The van der Waals surface area contributed by atoms with Crippen molar-refractivity contribution in [3.8, 4) is 23.0 Å². The van der Waals surface area contributed by atoms with Gasteiger partial charge in [-0.3, -0.25) is 4.79 Å². The number of aliphatic carboxylic acids is 1. The SMILES string of the molecule is C=CC1=C(C)C(=O)OC12c1cc(Cl)c(O)c(C)c1Oc1c2cc(CCCCC(=O)O)c(O)c1Cl. The van der Waals surface area contributed by atoms with Crippen LogP contribution in [0.5, 0.6) is 23.0 Å². The third-order valence-electron chi connectivity index (χ3n) is 6.30. The maximum atomic E-state index is 12.8. The maximum absolute atomic E-state index is 12.8. The minimum absolute atomic E-state index is 0.00128. The summed E-state index contributed by atoms with van der Waals surface area (Å²) in [4.78, 5) is 23.6. The molecule has 0 saturated heterocycles. The molecule has 0 radical (unpaired) electrons. The van der Waals surface area contributed by atoms with Gasteiger partial charge in [0.25, 0.3) is 0 Å². The van der Waals surface area contributed by atoms with Gasteiger partial charge in [0.15, 0.2) is 11.4 Å². The van der Waals surface area contributed by atoms with Crippen molar-refractivity contribution in [1.29, 1.82) is 0 Å². The maximum Gasteiger partial charge on any atom is 0.335 e. The van der Waals surface area contributed by atoms with Gasteiger partial charge in [-0.15, -0.1) is 0 Å². The van der Waals surface area contributed by atoms with Gasteiger partial charge in [-0.25, -0.2) is 4.79 Å². The van der Waals surface area contributed by atoms with Gasteiger partial charge in [0.05, 0.1) is 5.02 Å². The topological polar surface area (TPSA) is 113 Å². The second kappa shape index (κ2) is 8.56. The molecule has 2 aliphatic heterocycles. The molecule has 7 nitrogen and oxygen atoms in total. The number of phenolic OH excluding ortho intramolecular Hbond substituents is 2. The van der Waals surface area contributed by atoms with E-state index in [-0.39, 0.29) is 39.5 Å². The number of halogens is 2. The first-order chi connectivity index (χ1) is 16.0. The smallest absolute Gasteiger partial charge is 0.335 e. The summed E-state index contributed by atoms with van der Waals surface area (Å²) in [7, 11) is 0. The molecule has 178 valence electrons. The van der Waals surface area contributed by atoms with Gasteiger partial charge >= 0.3 is 11.9 Å². The van der Waals surface area contributed by atoms with Gasteiger partial charge in [0.2, 0.25) is 0 Å². The van der Waals surface area contributed by atoms with E-state index in [0.29, 0.717) is 52.7 Å². The average Bonchev–Trinajstić information content (AvgIpc) is 3.04. The van der Waals surface area contributed by atoms with E-state index in [0.717, 1.165) is 0 Å². The molecule has 34 heavy (non-hydrogen) atoms. The quantitative estimate of drug-likeness (QED) is 0.330. The van der Waals surface area contributed by atoms with Crippen LogP contribution in [0.15, 0.2) is 35.9 Å². The molecule has 2 aliphatic rings. The Morgan fingerprint density at radius 1 is 1.12 bits per heavy atom. The van der Waals surface area contributed by atoms with Crippen molar-refractivity contribution < 1.29 is 34.4 Å². The highest BCUT2D eigenvalue weighted by molar-refractivity contribution is 6.34. The number of hydrogen-bond donors (Lipinski definition) is 3. The summed E-state index contributed by atoms with van der Waals surface area (Å²) in [5, 5.41) is 30.1. The third kappa shape index (κ3) is 3.42. The highest BCUT2D eigenvalue weighted by Gasteiger charge is 2.54. The largest absolute Gasteiger partial charge is 0.506 e. The zero-order valence-electron chi connectivity index (χ0n) is 18.5. The molecule has 0 aromatic heterocycles. The van der Waals surface area contributed by atoms with E-state index in [1.54, 1.807) is 19.9 Å². The number of carbonyl (C=O) groups is 2. The van der Waals surface area contributed by atoms with Gasteiger partial charge in [0.1, 0.15) is 22.3 Å². The summed E-state index contributed by atoms with van der Waals surface area (Å²) < 4.78 is 12.1. The van der Waals surface area contributed by atoms with E-state index in [1.807, 2.05) is 0 Å². The average molecular weight is 505 g/mol. The van der Waals surface area contributed by atoms with Crippen LogP contribution in [-0.4, -0.2) is 27.3 Å². The molecule has 1 spiro atoms. The van der Waals surface area contributed by atoms with Crippen LogP contribution in [0.4, 0.5) is 0 Å². The molecule has 0 saturated carbocycles. The van der Waals surface area contributed by atoms with Crippen molar-refractivity contribution in [1.82, 2.24) is 0 Å². The van der Waals surface area contributed by atoms with Crippen molar-refractivity contribution in [2.45, 2.75) is 45.1 Å². The molecule has 1 unspecified atom stereocenters. The van der Waals surface area contributed by atoms with Crippen LogP contribution >= 0.6 is 23.2 Å². The van der Waals surface area contributed by atoms with Gasteiger partial charge in [-0.05, 0) is 50.8 Å². The summed E-state index contributed by atoms with van der Waals surface area (Å²) >= 11 is 12.9. The van der Waals surface area contributed by atoms with Crippen LogP contribution in [0.25, 0.3) is 0 Å². The van der Waals surface area contributed by atoms with Crippen molar-refractivity contribution in [2.75, 3.05) is 0 Å². The number of unbranched alkanes of at least 4 members (excludes halogenated alkanes) is 1. The molecular weight excluding hydrogens is 483 g/mol. The molecule has 9 heteroatoms. The Bertz CT molecular complexity index is 1300. The minimum Gasteiger partial charge on any atom is -0.506 e. The van der Waals surface area contributed by atoms with Crippen LogP contribution in [0, 0.1) is 6.92 Å². The number of carboxylic acid groups (broad SMARTS) is 1. The first kappa shape index (κ1) is 24.0. The molecular formula is C25H22Cl2O7. The van der Waals surface area contributed by atoms with Gasteiger partial charge in [-0.1, -0.05) is 35.9 Å². The lowest BCUT2D eigenvalue weighted by molar-refractivity contribution is -0.145. The fourth-order valence-corrected chi connectivity index (χ4v) is 5.06. The lowest BCUT2D eigenvalue weighted by Gasteiger charge is -2.39. The van der Waals surface area contributed by atoms with E-state index in [4.69, 9.17) is 37.8 Å². The molecule has 2 aromatic carbocycles. The summed E-state index contributed by atoms with van der Waals surface area (Å²) in [5.41, 5.74) is 0.805. The fourth-order valence-electron chi connectivity index (χ4n) is 4.55. The zero-order chi connectivity index (χ0) is 24.9. The molecule has 4 rings (SSSR count). The number of aryl methyl sites for hydroxylation is 1. The number of rotatable bonds is 6. The summed E-state index contributed by atoms with van der Waals surface area (Å²) in [6.45, 7) is 7.09. The number of benzene rings is 2. The van der Waals surface area contributed by atoms with Crippen LogP contribution < -0.4 is 4.74 Å². The molecule has 0 aliphatic carbocycles. The number of aromatic hydroxyl groups is 2. The fraction of sp³-hybridized carbons (Fsp3) is 0.280. The van der Waals surface area contributed by atoms with E-state index < -0.39 is 17.5 Å². The zero-order valence-corrected chi connectivity index (χ0v) is 20.0. The number of carboxylic acids is 1. The van der Waals surface area contributed by atoms with Crippen molar-refractivity contribution >= 4 is 35.1 Å². The van der Waals surface area contributed by atoms with Gasteiger partial charge in [0, 0.05) is 34.3 Å². The molecule has 0 amide bonds. The summed E-state index contributed by atoms with van der Waals surface area (Å²) in [6.07, 6.45) is 2.75. The number of hydrogen-bond acceptors (Lipinski definition) is 6. The Morgan fingerprint density at radius 3 is 2.44 bits per heavy atom. The van der Waals surface area contributed by atoms with Crippen molar-refractivity contribution in [3.63, 3.8) is 0 Å². The standard InChI is InChI=1S/C25H22Cl2O7/c1-4-14-11(2)24(32)34-25(14)15-9-13(7-5-6-8-18(28)29)21(31)19(27)23(15)33-22-12(3)20(30)17(26)10-16(22)25/h4,9-10,30-31H,1,5-8H2,2-3H3,(H,28,29). The molecule has 0 bridgehead atoms. The monoisotopic (exact) mass is 504 g/mol. The van der Waals surface area contributed by atoms with Crippen molar-refractivity contribution in [2.24, 2.45) is 0 Å². The van der Waals surface area contributed by atoms with E-state index in [2.05, 4.69) is 6.58 Å². The van der Waals surface area contributed by atoms with Crippen LogP contribution in [0.3, 0.4) is 0 Å². The normalized spacial score (nSPS) is 18.4. The number of carbonyl (C=O) groups excluding carboxylic acids is 1. The number of ether oxygens (including phenoxy) is 2. The van der Waals surface area contributed by atoms with E-state index in [9.17, 15) is 19.8 Å². The van der Waals surface area contributed by atoms with E-state index >= 15 is 0 Å². The summed E-state index contributed by atoms with van der Waals surface area (Å²) in [6, 6.07) is 3.12. The number of fused-ring (bicyclic) bond motifs is 4. The lowest BCUT2D eigenvalue weighted by Crippen LogP contribution is -2.34. The Morgan fingerprint density at radius 2 is 1.79 bits per heavy atom. The lowest BCUT2D eigenvalue weighted by atomic mass is 9.76. The van der Waals surface area contributed by atoms with Gasteiger partial charge < -0.3 is 24.8 Å². The predicted octanol–water partition coefficient (Wildman–Crippen LogP) is 5.92. The van der Waals surface area contributed by atoms with Crippen LogP contribution in [0.2, 0.25) is 10.0 Å². The minimum atomic E-state index is -1.51. The summed E-state index contributed by atoms with van der Waals surface area (Å²) in [5.74, 6) is -1.60. The third-order valence-corrected chi connectivity index (χ3v) is 6.94. The Labute approximate surface area is 205 Å². The number of esters is 1. The Hall–Kier alpha value is -3.16. The Balaban J connectivity index is 1.98. The number of phenols is 2. The van der Waals surface area contributed by atoms with E-state index in [1.165, 1.54) is 12.1 Å². The molecule has 0 fully saturated rings. The molecule has 2 heterocycles. The second-order valence-corrected chi connectivity index (χ2v) is 9.09. The first-order valence-corrected chi connectivity index (χ1v) is 11.3. The highest BCUT2D eigenvalue weighted by Crippen LogP contribution is 2.61. The molecule has 2 aromatic rings. The second-order valence-electron chi connectivity index (χ2n) is 8.30. The highest BCUT2D eigenvalue weighted by atomic mass is 35.5. The van der Waals surface area contributed by atoms with Crippen LogP contribution in [0.1, 0.15) is 48.4 Å². The first-order valence-electron chi connectivity index (χ1n) is 10.6. The van der Waals surface area contributed by atoms with Crippen LogP contribution in [-0.2, 0) is 26.3 Å². The van der Waals surface area contributed by atoms with Crippen molar-refractivity contribution in [3.05, 3.63) is 68.2 Å². The Kier molecular flexibility index (Phi) is 6.04. The molecule has 3 N–H and O–H groups in total. The van der Waals surface area contributed by atoms with Gasteiger partial charge in [-0.2, -0.15) is 0 Å². The molecule has 1 atom stereocenters. The predicted molar refractivity (Wildman–Crippen MR) is 126 cm³/mol.